The third-order valence-corrected chi connectivity index (χ3v) is 5.11. The molecule has 0 fully saturated rings. The molecule has 0 atom stereocenters. The molecule has 1 rings (SSSR count). The smallest absolute Gasteiger partial charge is 0.273 e. The molecule has 0 aliphatic heterocycles. The first kappa shape index (κ1) is 20.8. The van der Waals surface area contributed by atoms with Crippen LogP contribution in [-0.2, 0) is 10.0 Å². The van der Waals surface area contributed by atoms with Gasteiger partial charge in [0.15, 0.2) is 0 Å². The van der Waals surface area contributed by atoms with Crippen molar-refractivity contribution >= 4 is 28.1 Å². The molecule has 1 aromatic rings. The molecule has 22 heavy (non-hydrogen) atoms. The summed E-state index contributed by atoms with van der Waals surface area (Å²) in [7, 11) is -3.82. The molecule has 9 heteroatoms. The maximum Gasteiger partial charge on any atom is 0.273 e. The number of nitro benzene ring substituents is 1. The number of hydrogen-bond acceptors (Lipinski definition) is 5. The summed E-state index contributed by atoms with van der Waals surface area (Å²) in [5.41, 5.74) is 5.62. The van der Waals surface area contributed by atoms with E-state index < -0.39 is 20.5 Å². The first-order chi connectivity index (χ1) is 9.65. The minimum Gasteiger partial charge on any atom is -0.324 e. The second-order valence-electron chi connectivity index (χ2n) is 5.10. The van der Waals surface area contributed by atoms with Crippen LogP contribution in [0.4, 0.5) is 5.69 Å². The summed E-state index contributed by atoms with van der Waals surface area (Å²) in [6, 6.07) is 3.83. The fourth-order valence-corrected chi connectivity index (χ4v) is 2.93. The number of hydrogen-bond donors (Lipinski definition) is 2. The van der Waals surface area contributed by atoms with Crippen LogP contribution in [0.15, 0.2) is 23.1 Å². The van der Waals surface area contributed by atoms with E-state index in [4.69, 9.17) is 5.73 Å². The number of benzene rings is 1. The third-order valence-electron chi connectivity index (χ3n) is 3.71. The van der Waals surface area contributed by atoms with E-state index in [1.807, 2.05) is 13.8 Å². The monoisotopic (exact) mass is 351 g/mol. The van der Waals surface area contributed by atoms with E-state index in [2.05, 4.69) is 4.72 Å². The molecule has 0 aliphatic rings. The molecule has 0 saturated carbocycles. The molecule has 0 radical (unpaired) electrons. The van der Waals surface area contributed by atoms with E-state index in [0.717, 1.165) is 6.07 Å². The maximum absolute atomic E-state index is 12.2. The second-order valence-corrected chi connectivity index (χ2v) is 6.87. The Kier molecular flexibility index (Phi) is 7.43. The fourth-order valence-electron chi connectivity index (χ4n) is 1.78. The Bertz CT molecular complexity index is 630. The first-order valence-electron chi connectivity index (χ1n) is 6.69. The fraction of sp³-hybridized carbons (Fsp3) is 0.538. The average Bonchev–Trinajstić information content (AvgIpc) is 2.45. The molecule has 0 unspecified atom stereocenters. The van der Waals surface area contributed by atoms with Crippen molar-refractivity contribution < 1.29 is 13.3 Å². The Hall–Kier alpha value is -1.22. The van der Waals surface area contributed by atoms with Gasteiger partial charge in [-0.3, -0.25) is 10.1 Å². The zero-order valence-electron chi connectivity index (χ0n) is 12.8. The molecular formula is C13H22ClN3O4S. The van der Waals surface area contributed by atoms with Crippen molar-refractivity contribution in [1.82, 2.24) is 4.72 Å². The van der Waals surface area contributed by atoms with Crippen LogP contribution in [0.2, 0.25) is 0 Å². The predicted octanol–water partition coefficient (Wildman–Crippen LogP) is 2.12. The van der Waals surface area contributed by atoms with Crippen molar-refractivity contribution in [1.29, 1.82) is 0 Å². The van der Waals surface area contributed by atoms with Crippen LogP contribution in [0, 0.1) is 17.0 Å². The summed E-state index contributed by atoms with van der Waals surface area (Å²) in [5, 5.41) is 10.9. The van der Waals surface area contributed by atoms with Crippen molar-refractivity contribution in [3.63, 3.8) is 0 Å². The first-order valence-corrected chi connectivity index (χ1v) is 8.17. The van der Waals surface area contributed by atoms with Gasteiger partial charge in [0.25, 0.3) is 5.69 Å². The Labute approximate surface area is 136 Å². The van der Waals surface area contributed by atoms with E-state index in [0.29, 0.717) is 18.4 Å². The van der Waals surface area contributed by atoms with Crippen molar-refractivity contribution in [2.45, 2.75) is 44.0 Å². The Morgan fingerprint density at radius 2 is 1.86 bits per heavy atom. The molecule has 0 amide bonds. The highest BCUT2D eigenvalue weighted by Gasteiger charge is 2.25. The quantitative estimate of drug-likeness (QED) is 0.576. The summed E-state index contributed by atoms with van der Waals surface area (Å²) in [5.74, 6) is 0. The highest BCUT2D eigenvalue weighted by molar-refractivity contribution is 7.89. The van der Waals surface area contributed by atoms with Crippen LogP contribution >= 0.6 is 12.4 Å². The van der Waals surface area contributed by atoms with Gasteiger partial charge in [-0.15, -0.1) is 12.4 Å². The Morgan fingerprint density at radius 1 is 1.32 bits per heavy atom. The standard InChI is InChI=1S/C13H21N3O4S.ClH/c1-4-13(14,5-2)9-15-21(19,20)11-7-6-10(3)12(8-11)16(17)18;/h6-8,15H,4-5,9,14H2,1-3H3;1H. The number of nitrogens with two attached hydrogens (primary N) is 1. The number of nitro groups is 1. The number of aryl methyl sites for hydroxylation is 1. The van der Waals surface area contributed by atoms with Crippen molar-refractivity contribution in [3.8, 4) is 0 Å². The minimum absolute atomic E-state index is 0. The normalized spacial score (nSPS) is 11.8. The van der Waals surface area contributed by atoms with Gasteiger partial charge < -0.3 is 5.73 Å². The summed E-state index contributed by atoms with van der Waals surface area (Å²) in [6.45, 7) is 5.41. The highest BCUT2D eigenvalue weighted by Crippen LogP contribution is 2.22. The molecule has 0 bridgehead atoms. The molecule has 0 spiro atoms. The van der Waals surface area contributed by atoms with E-state index in [9.17, 15) is 18.5 Å². The lowest BCUT2D eigenvalue weighted by atomic mass is 9.95. The number of sulfonamides is 1. The predicted molar refractivity (Wildman–Crippen MR) is 87.8 cm³/mol. The molecule has 3 N–H and O–H groups in total. The average molecular weight is 352 g/mol. The number of rotatable bonds is 7. The van der Waals surface area contributed by atoms with Gasteiger partial charge in [0.1, 0.15) is 0 Å². The van der Waals surface area contributed by atoms with Crippen LogP contribution in [-0.4, -0.2) is 25.4 Å². The van der Waals surface area contributed by atoms with Crippen LogP contribution in [0.1, 0.15) is 32.3 Å². The van der Waals surface area contributed by atoms with Gasteiger partial charge in [-0.05, 0) is 25.8 Å². The maximum atomic E-state index is 12.2. The van der Waals surface area contributed by atoms with E-state index >= 15 is 0 Å². The van der Waals surface area contributed by atoms with Crippen molar-refractivity contribution in [2.75, 3.05) is 6.54 Å². The van der Waals surface area contributed by atoms with Crippen LogP contribution in [0.3, 0.4) is 0 Å². The highest BCUT2D eigenvalue weighted by atomic mass is 35.5. The van der Waals surface area contributed by atoms with Gasteiger partial charge in [0.2, 0.25) is 10.0 Å². The molecule has 0 saturated heterocycles. The number of nitrogens with one attached hydrogen (secondary N) is 1. The second kappa shape index (κ2) is 7.87. The lowest BCUT2D eigenvalue weighted by Gasteiger charge is -2.26. The van der Waals surface area contributed by atoms with Crippen molar-refractivity contribution in [2.24, 2.45) is 5.73 Å². The molecule has 0 aliphatic carbocycles. The van der Waals surface area contributed by atoms with E-state index in [-0.39, 0.29) is 29.5 Å². The van der Waals surface area contributed by atoms with Gasteiger partial charge >= 0.3 is 0 Å². The summed E-state index contributed by atoms with van der Waals surface area (Å²) >= 11 is 0. The van der Waals surface area contributed by atoms with Crippen LogP contribution in [0.25, 0.3) is 0 Å². The molecule has 7 nitrogen and oxygen atoms in total. The molecular weight excluding hydrogens is 330 g/mol. The zero-order valence-corrected chi connectivity index (χ0v) is 14.5. The zero-order chi connectivity index (χ0) is 16.3. The van der Waals surface area contributed by atoms with Crippen molar-refractivity contribution in [3.05, 3.63) is 33.9 Å². The van der Waals surface area contributed by atoms with Crippen LogP contribution in [0.5, 0.6) is 0 Å². The van der Waals surface area contributed by atoms with Gasteiger partial charge in [0, 0.05) is 23.7 Å². The van der Waals surface area contributed by atoms with Gasteiger partial charge in [0.05, 0.1) is 9.82 Å². The van der Waals surface area contributed by atoms with E-state index in [1.54, 1.807) is 6.92 Å². The third kappa shape index (κ3) is 4.91. The van der Waals surface area contributed by atoms with Gasteiger partial charge in [-0.2, -0.15) is 0 Å². The molecule has 126 valence electrons. The largest absolute Gasteiger partial charge is 0.324 e. The number of halogens is 1. The Morgan fingerprint density at radius 3 is 2.32 bits per heavy atom. The topological polar surface area (TPSA) is 115 Å². The molecule has 0 heterocycles. The van der Waals surface area contributed by atoms with Gasteiger partial charge in [-0.1, -0.05) is 19.9 Å². The Balaban J connectivity index is 0.00000441. The van der Waals surface area contributed by atoms with E-state index in [1.165, 1.54) is 12.1 Å². The molecule has 0 aromatic heterocycles. The summed E-state index contributed by atoms with van der Waals surface area (Å²) < 4.78 is 26.8. The minimum atomic E-state index is -3.82. The van der Waals surface area contributed by atoms with Gasteiger partial charge in [-0.25, -0.2) is 13.1 Å². The summed E-state index contributed by atoms with van der Waals surface area (Å²) in [6.07, 6.45) is 1.25. The number of nitrogens with zero attached hydrogens (tertiary/aromatic N) is 1. The lowest BCUT2D eigenvalue weighted by Crippen LogP contribution is -2.49. The SMILES string of the molecule is CCC(N)(CC)CNS(=O)(=O)c1ccc(C)c([N+](=O)[O-])c1.Cl. The molecule has 1 aromatic carbocycles. The van der Waals surface area contributed by atoms with Crippen LogP contribution < -0.4 is 10.5 Å². The lowest BCUT2D eigenvalue weighted by molar-refractivity contribution is -0.385. The summed E-state index contributed by atoms with van der Waals surface area (Å²) in [4.78, 5) is 10.2.